The molecule has 0 aliphatic carbocycles. The number of benzene rings is 1. The summed E-state index contributed by atoms with van der Waals surface area (Å²) in [6.45, 7) is 3.53. The van der Waals surface area contributed by atoms with Crippen LogP contribution in [0.15, 0.2) is 29.0 Å². The molecule has 0 aliphatic heterocycles. The minimum atomic E-state index is -0.382. The molecule has 1 heterocycles. The molecule has 1 aromatic carbocycles. The van der Waals surface area contributed by atoms with Crippen LogP contribution in [-0.2, 0) is 6.54 Å². The van der Waals surface area contributed by atoms with Crippen LogP contribution in [0.1, 0.15) is 19.0 Å². The lowest BCUT2D eigenvalue weighted by Gasteiger charge is -2.05. The molecule has 0 radical (unpaired) electrons. The molecule has 0 atom stereocenters. The smallest absolute Gasteiger partial charge is 0.181 e. The van der Waals surface area contributed by atoms with Crippen molar-refractivity contribution in [2.45, 2.75) is 19.9 Å². The molecule has 2 aromatic rings. The summed E-state index contributed by atoms with van der Waals surface area (Å²) in [6.07, 6.45) is 2.37. The number of hydrogen-bond acceptors (Lipinski definition) is 4. The molecule has 1 N–H and O–H groups in total. The Kier molecular flexibility index (Phi) is 4.52. The Morgan fingerprint density at radius 3 is 2.95 bits per heavy atom. The quantitative estimate of drug-likeness (QED) is 0.815. The maximum atomic E-state index is 14.0. The summed E-state index contributed by atoms with van der Waals surface area (Å²) in [5, 5.41) is 3.22. The topological polar surface area (TPSA) is 47.3 Å². The third-order valence-corrected chi connectivity index (χ3v) is 2.78. The second kappa shape index (κ2) is 6.33. The van der Waals surface area contributed by atoms with Crippen LogP contribution in [0, 0.1) is 5.82 Å². The van der Waals surface area contributed by atoms with Crippen LogP contribution in [0.2, 0.25) is 0 Å². The van der Waals surface area contributed by atoms with Crippen molar-refractivity contribution in [1.82, 2.24) is 10.3 Å². The van der Waals surface area contributed by atoms with Gasteiger partial charge in [0, 0.05) is 12.6 Å². The number of oxazole rings is 1. The van der Waals surface area contributed by atoms with Crippen molar-refractivity contribution in [3.8, 4) is 17.1 Å². The average Bonchev–Trinajstić information content (AvgIpc) is 2.87. The Hall–Kier alpha value is -1.88. The Morgan fingerprint density at radius 1 is 1.42 bits per heavy atom. The lowest BCUT2D eigenvalue weighted by atomic mass is 10.1. The number of halogens is 1. The van der Waals surface area contributed by atoms with Gasteiger partial charge in [0.05, 0.1) is 12.7 Å². The zero-order chi connectivity index (χ0) is 13.7. The Labute approximate surface area is 111 Å². The van der Waals surface area contributed by atoms with Crippen molar-refractivity contribution in [3.63, 3.8) is 0 Å². The third kappa shape index (κ3) is 3.12. The lowest BCUT2D eigenvalue weighted by Crippen LogP contribution is -2.14. The van der Waals surface area contributed by atoms with Gasteiger partial charge in [-0.1, -0.05) is 6.92 Å². The number of aromatic nitrogens is 1. The summed E-state index contributed by atoms with van der Waals surface area (Å²) in [6, 6.07) is 4.67. The van der Waals surface area contributed by atoms with Crippen LogP contribution in [0.4, 0.5) is 4.39 Å². The van der Waals surface area contributed by atoms with Crippen LogP contribution >= 0.6 is 0 Å². The molecular formula is C14H17FN2O2. The standard InChI is InChI=1S/C14H17FN2O2/c1-3-6-16-8-13-14(19-9-17-13)11-5-4-10(18-2)7-12(11)15/h4-5,7,9,16H,3,6,8H2,1-2H3. The molecule has 0 unspecified atom stereocenters. The van der Waals surface area contributed by atoms with Gasteiger partial charge in [-0.15, -0.1) is 0 Å². The summed E-state index contributed by atoms with van der Waals surface area (Å²) < 4.78 is 24.3. The molecule has 5 heteroatoms. The van der Waals surface area contributed by atoms with Crippen molar-refractivity contribution in [2.75, 3.05) is 13.7 Å². The number of methoxy groups -OCH3 is 1. The number of ether oxygens (including phenoxy) is 1. The van der Waals surface area contributed by atoms with Gasteiger partial charge in [-0.3, -0.25) is 0 Å². The maximum absolute atomic E-state index is 14.0. The summed E-state index contributed by atoms with van der Waals surface area (Å²) in [5.74, 6) is 0.558. The van der Waals surface area contributed by atoms with Crippen LogP contribution in [0.3, 0.4) is 0 Å². The monoisotopic (exact) mass is 264 g/mol. The first-order chi connectivity index (χ1) is 9.26. The van der Waals surface area contributed by atoms with E-state index in [1.807, 2.05) is 0 Å². The van der Waals surface area contributed by atoms with Gasteiger partial charge in [-0.2, -0.15) is 0 Å². The Morgan fingerprint density at radius 2 is 2.26 bits per heavy atom. The van der Waals surface area contributed by atoms with E-state index in [9.17, 15) is 4.39 Å². The fourth-order valence-electron chi connectivity index (χ4n) is 1.80. The summed E-state index contributed by atoms with van der Waals surface area (Å²) in [7, 11) is 1.50. The summed E-state index contributed by atoms with van der Waals surface area (Å²) >= 11 is 0. The largest absolute Gasteiger partial charge is 0.497 e. The Bertz CT molecular complexity index is 540. The van der Waals surface area contributed by atoms with E-state index in [1.165, 1.54) is 19.6 Å². The van der Waals surface area contributed by atoms with Gasteiger partial charge in [0.25, 0.3) is 0 Å². The van der Waals surface area contributed by atoms with Crippen LogP contribution in [0.5, 0.6) is 5.75 Å². The second-order valence-corrected chi connectivity index (χ2v) is 4.15. The predicted molar refractivity (Wildman–Crippen MR) is 70.4 cm³/mol. The van der Waals surface area contributed by atoms with Gasteiger partial charge in [0.1, 0.15) is 17.3 Å². The van der Waals surface area contributed by atoms with Gasteiger partial charge in [0.15, 0.2) is 12.2 Å². The van der Waals surface area contributed by atoms with Crippen molar-refractivity contribution >= 4 is 0 Å². The zero-order valence-electron chi connectivity index (χ0n) is 11.1. The van der Waals surface area contributed by atoms with Crippen LogP contribution < -0.4 is 10.1 Å². The maximum Gasteiger partial charge on any atom is 0.181 e. The Balaban J connectivity index is 2.24. The highest BCUT2D eigenvalue weighted by Gasteiger charge is 2.15. The number of nitrogens with one attached hydrogen (secondary N) is 1. The van der Waals surface area contributed by atoms with Crippen molar-refractivity contribution in [1.29, 1.82) is 0 Å². The molecule has 0 fully saturated rings. The fraction of sp³-hybridized carbons (Fsp3) is 0.357. The summed E-state index contributed by atoms with van der Waals surface area (Å²) in [4.78, 5) is 4.12. The molecule has 102 valence electrons. The molecule has 0 saturated carbocycles. The highest BCUT2D eigenvalue weighted by molar-refractivity contribution is 5.61. The number of hydrogen-bond donors (Lipinski definition) is 1. The second-order valence-electron chi connectivity index (χ2n) is 4.15. The first kappa shape index (κ1) is 13.5. The molecule has 1 aromatic heterocycles. The first-order valence-corrected chi connectivity index (χ1v) is 6.23. The van der Waals surface area contributed by atoms with E-state index in [0.717, 1.165) is 13.0 Å². The molecule has 0 spiro atoms. The first-order valence-electron chi connectivity index (χ1n) is 6.23. The molecule has 2 rings (SSSR count). The van der Waals surface area contributed by atoms with Gasteiger partial charge in [0.2, 0.25) is 0 Å². The van der Waals surface area contributed by atoms with E-state index >= 15 is 0 Å². The SMILES string of the molecule is CCCNCc1ncoc1-c1ccc(OC)cc1F. The van der Waals surface area contributed by atoms with E-state index in [4.69, 9.17) is 9.15 Å². The molecule has 0 amide bonds. The van der Waals surface area contributed by atoms with Gasteiger partial charge in [-0.25, -0.2) is 9.37 Å². The molecular weight excluding hydrogens is 247 g/mol. The highest BCUT2D eigenvalue weighted by atomic mass is 19.1. The van der Waals surface area contributed by atoms with Gasteiger partial charge < -0.3 is 14.5 Å². The molecule has 0 bridgehead atoms. The molecule has 19 heavy (non-hydrogen) atoms. The fourth-order valence-corrected chi connectivity index (χ4v) is 1.80. The van der Waals surface area contributed by atoms with E-state index in [2.05, 4.69) is 17.2 Å². The van der Waals surface area contributed by atoms with Crippen LogP contribution in [-0.4, -0.2) is 18.6 Å². The van der Waals surface area contributed by atoms with E-state index in [0.29, 0.717) is 29.3 Å². The normalized spacial score (nSPS) is 10.7. The predicted octanol–water partition coefficient (Wildman–Crippen LogP) is 2.99. The van der Waals surface area contributed by atoms with E-state index < -0.39 is 0 Å². The van der Waals surface area contributed by atoms with E-state index in [-0.39, 0.29) is 5.82 Å². The van der Waals surface area contributed by atoms with Crippen molar-refractivity contribution < 1.29 is 13.5 Å². The minimum absolute atomic E-state index is 0.382. The molecule has 0 aliphatic rings. The zero-order valence-corrected chi connectivity index (χ0v) is 11.1. The van der Waals surface area contributed by atoms with Gasteiger partial charge in [-0.05, 0) is 25.1 Å². The molecule has 0 saturated heterocycles. The van der Waals surface area contributed by atoms with Crippen molar-refractivity contribution in [3.05, 3.63) is 36.1 Å². The van der Waals surface area contributed by atoms with Crippen LogP contribution in [0.25, 0.3) is 11.3 Å². The number of rotatable bonds is 6. The average molecular weight is 264 g/mol. The van der Waals surface area contributed by atoms with Gasteiger partial charge >= 0.3 is 0 Å². The third-order valence-electron chi connectivity index (χ3n) is 2.78. The number of nitrogens with zero attached hydrogens (tertiary/aromatic N) is 1. The lowest BCUT2D eigenvalue weighted by molar-refractivity contribution is 0.411. The summed E-state index contributed by atoms with van der Waals surface area (Å²) in [5.41, 5.74) is 1.10. The highest BCUT2D eigenvalue weighted by Crippen LogP contribution is 2.28. The minimum Gasteiger partial charge on any atom is -0.497 e. The van der Waals surface area contributed by atoms with Crippen molar-refractivity contribution in [2.24, 2.45) is 0 Å². The molecule has 4 nitrogen and oxygen atoms in total. The van der Waals surface area contributed by atoms with E-state index in [1.54, 1.807) is 12.1 Å².